The van der Waals surface area contributed by atoms with Gasteiger partial charge in [-0.25, -0.2) is 4.39 Å². The third kappa shape index (κ3) is 2.11. The monoisotopic (exact) mass is 205 g/mol. The summed E-state index contributed by atoms with van der Waals surface area (Å²) in [6.07, 6.45) is 0. The van der Waals surface area contributed by atoms with E-state index >= 15 is 0 Å². The Hall–Kier alpha value is -0.270. The molecule has 0 atom stereocenters. The summed E-state index contributed by atoms with van der Waals surface area (Å²) in [5.74, 6) is 1.02. The quantitative estimate of drug-likeness (QED) is 0.647. The van der Waals surface area contributed by atoms with E-state index in [0.717, 1.165) is 11.5 Å². The molecule has 0 N–H and O–H groups in total. The molecular weight excluding hydrogens is 198 g/mol. The maximum Gasteiger partial charge on any atom is 0.141 e. The largest absolute Gasteiger partial charge is 0.205 e. The van der Waals surface area contributed by atoms with Crippen molar-refractivity contribution in [3.63, 3.8) is 0 Å². The van der Waals surface area contributed by atoms with Crippen LogP contribution < -0.4 is 0 Å². The van der Waals surface area contributed by atoms with Gasteiger partial charge in [0.15, 0.2) is 0 Å². The summed E-state index contributed by atoms with van der Waals surface area (Å²) >= 11 is 11.2. The van der Waals surface area contributed by atoms with Crippen molar-refractivity contribution in [1.29, 1.82) is 0 Å². The summed E-state index contributed by atoms with van der Waals surface area (Å²) in [6.45, 7) is 1.89. The van der Waals surface area contributed by atoms with E-state index in [9.17, 15) is 4.39 Å². The molecule has 0 fully saturated rings. The number of benzene rings is 1. The van der Waals surface area contributed by atoms with Crippen LogP contribution in [-0.2, 0) is 0 Å². The first kappa shape index (κ1) is 9.82. The Morgan fingerprint density at radius 2 is 2.17 bits per heavy atom. The van der Waals surface area contributed by atoms with Crippen LogP contribution in [0.4, 0.5) is 4.39 Å². The summed E-state index contributed by atoms with van der Waals surface area (Å²) in [7, 11) is 0. The molecule has 0 amide bonds. The van der Waals surface area contributed by atoms with E-state index in [0.29, 0.717) is 5.88 Å². The summed E-state index contributed by atoms with van der Waals surface area (Å²) in [5, 5.41) is 0.136. The Balaban J connectivity index is 2.96. The maximum absolute atomic E-state index is 12.7. The van der Waals surface area contributed by atoms with Crippen molar-refractivity contribution in [1.82, 2.24) is 0 Å². The van der Waals surface area contributed by atoms with Gasteiger partial charge in [0.2, 0.25) is 0 Å². The molecule has 12 heavy (non-hydrogen) atoms. The van der Waals surface area contributed by atoms with E-state index in [1.807, 2.05) is 6.92 Å². The van der Waals surface area contributed by atoms with E-state index in [-0.39, 0.29) is 5.02 Å². The highest BCUT2D eigenvalue weighted by molar-refractivity contribution is 6.30. The minimum atomic E-state index is -0.400. The second-order valence-corrected chi connectivity index (χ2v) is 3.22. The third-order valence-corrected chi connectivity index (χ3v) is 2.30. The van der Waals surface area contributed by atoms with Crippen molar-refractivity contribution in [3.05, 3.63) is 40.5 Å². The predicted octanol–water partition coefficient (Wildman–Crippen LogP) is 3.66. The molecule has 1 radical (unpaired) electrons. The average Bonchev–Trinajstić information content (AvgIpc) is 2.08. The Labute approximate surface area is 81.3 Å². The molecule has 0 unspecified atom stereocenters. The van der Waals surface area contributed by atoms with Gasteiger partial charge >= 0.3 is 0 Å². The topological polar surface area (TPSA) is 0 Å². The van der Waals surface area contributed by atoms with E-state index in [4.69, 9.17) is 23.2 Å². The van der Waals surface area contributed by atoms with Crippen molar-refractivity contribution in [2.45, 2.75) is 6.92 Å². The lowest BCUT2D eigenvalue weighted by atomic mass is 10.0. The minimum absolute atomic E-state index is 0.136. The van der Waals surface area contributed by atoms with Gasteiger partial charge in [-0.15, -0.1) is 11.6 Å². The van der Waals surface area contributed by atoms with Crippen molar-refractivity contribution in [2.75, 3.05) is 5.88 Å². The fourth-order valence-electron chi connectivity index (χ4n) is 0.839. The zero-order valence-corrected chi connectivity index (χ0v) is 8.08. The second kappa shape index (κ2) is 4.11. The molecule has 0 aliphatic carbocycles. The molecule has 0 aromatic heterocycles. The first-order valence-electron chi connectivity index (χ1n) is 3.49. The first-order valence-corrected chi connectivity index (χ1v) is 4.40. The van der Waals surface area contributed by atoms with Crippen LogP contribution in [0.2, 0.25) is 5.02 Å². The molecule has 0 saturated carbocycles. The van der Waals surface area contributed by atoms with Gasteiger partial charge in [-0.2, -0.15) is 0 Å². The fraction of sp³-hybridized carbons (Fsp3) is 0.222. The molecule has 0 aliphatic rings. The molecule has 1 rings (SSSR count). The van der Waals surface area contributed by atoms with Gasteiger partial charge in [0.05, 0.1) is 5.02 Å². The molecule has 1 aromatic rings. The van der Waals surface area contributed by atoms with Gasteiger partial charge in [0.1, 0.15) is 5.82 Å². The van der Waals surface area contributed by atoms with E-state index in [1.165, 1.54) is 6.07 Å². The Bertz CT molecular complexity index is 273. The lowest BCUT2D eigenvalue weighted by Gasteiger charge is -2.06. The molecule has 0 bridgehead atoms. The zero-order chi connectivity index (χ0) is 9.14. The zero-order valence-electron chi connectivity index (χ0n) is 6.57. The van der Waals surface area contributed by atoms with Crippen LogP contribution in [0.5, 0.6) is 0 Å². The van der Waals surface area contributed by atoms with Gasteiger partial charge in [-0.05, 0) is 17.7 Å². The smallest absolute Gasteiger partial charge is 0.141 e. The standard InChI is InChI=1S/C9H8Cl2F/c1-6(5-10)7-2-3-9(12)8(11)4-7/h2-4H,5H2,1H3. The number of alkyl halides is 1. The van der Waals surface area contributed by atoms with Gasteiger partial charge in [-0.3, -0.25) is 0 Å². The maximum atomic E-state index is 12.7. The molecular formula is C9H8Cl2F. The number of halogens is 3. The van der Waals surface area contributed by atoms with Crippen LogP contribution in [0.1, 0.15) is 12.5 Å². The summed E-state index contributed by atoms with van der Waals surface area (Å²) in [6, 6.07) is 4.58. The highest BCUT2D eigenvalue weighted by Gasteiger charge is 2.06. The Morgan fingerprint density at radius 1 is 1.50 bits per heavy atom. The van der Waals surface area contributed by atoms with Crippen LogP contribution in [0, 0.1) is 11.7 Å². The Morgan fingerprint density at radius 3 is 2.67 bits per heavy atom. The van der Waals surface area contributed by atoms with Gasteiger partial charge in [0.25, 0.3) is 0 Å². The summed E-state index contributed by atoms with van der Waals surface area (Å²) in [4.78, 5) is 0. The molecule has 0 aliphatic heterocycles. The van der Waals surface area contributed by atoms with Crippen molar-refractivity contribution >= 4 is 23.2 Å². The lowest BCUT2D eigenvalue weighted by Crippen LogP contribution is -1.95. The molecule has 3 heteroatoms. The van der Waals surface area contributed by atoms with Crippen LogP contribution in [0.15, 0.2) is 18.2 Å². The van der Waals surface area contributed by atoms with Crippen molar-refractivity contribution in [2.24, 2.45) is 0 Å². The van der Waals surface area contributed by atoms with Crippen LogP contribution >= 0.6 is 23.2 Å². The molecule has 0 spiro atoms. The van der Waals surface area contributed by atoms with E-state index in [2.05, 4.69) is 0 Å². The number of hydrogen-bond donors (Lipinski definition) is 0. The first-order chi connectivity index (χ1) is 5.65. The average molecular weight is 206 g/mol. The fourth-order valence-corrected chi connectivity index (χ4v) is 1.17. The summed E-state index contributed by atoms with van der Waals surface area (Å²) < 4.78 is 12.7. The normalized spacial score (nSPS) is 10.8. The second-order valence-electron chi connectivity index (χ2n) is 2.54. The van der Waals surface area contributed by atoms with E-state index in [1.54, 1.807) is 12.1 Å². The van der Waals surface area contributed by atoms with Crippen molar-refractivity contribution in [3.8, 4) is 0 Å². The summed E-state index contributed by atoms with van der Waals surface area (Å²) in [5.41, 5.74) is 0.886. The number of rotatable bonds is 2. The highest BCUT2D eigenvalue weighted by atomic mass is 35.5. The highest BCUT2D eigenvalue weighted by Crippen LogP contribution is 2.21. The number of hydrogen-bond acceptors (Lipinski definition) is 0. The minimum Gasteiger partial charge on any atom is -0.205 e. The van der Waals surface area contributed by atoms with Gasteiger partial charge < -0.3 is 0 Å². The molecule has 1 aromatic carbocycles. The SMILES string of the molecule is C[C](CCl)c1ccc(F)c(Cl)c1. The van der Waals surface area contributed by atoms with Crippen LogP contribution in [0.25, 0.3) is 0 Å². The van der Waals surface area contributed by atoms with E-state index < -0.39 is 5.82 Å². The molecule has 0 nitrogen and oxygen atoms in total. The van der Waals surface area contributed by atoms with Crippen LogP contribution in [0.3, 0.4) is 0 Å². The predicted molar refractivity (Wildman–Crippen MR) is 50.1 cm³/mol. The van der Waals surface area contributed by atoms with Gasteiger partial charge in [0, 0.05) is 11.8 Å². The molecule has 0 saturated heterocycles. The van der Waals surface area contributed by atoms with Crippen LogP contribution in [-0.4, -0.2) is 5.88 Å². The molecule has 65 valence electrons. The lowest BCUT2D eigenvalue weighted by molar-refractivity contribution is 0.627. The Kier molecular flexibility index (Phi) is 3.36. The third-order valence-electron chi connectivity index (χ3n) is 1.61. The van der Waals surface area contributed by atoms with Gasteiger partial charge in [-0.1, -0.05) is 24.6 Å². The molecule has 0 heterocycles. The van der Waals surface area contributed by atoms with Crippen molar-refractivity contribution < 1.29 is 4.39 Å².